The Kier molecular flexibility index (Phi) is 3.96. The van der Waals surface area contributed by atoms with Crippen LogP contribution in [0.2, 0.25) is 0 Å². The molecule has 6 heteroatoms. The molecule has 6 nitrogen and oxygen atoms in total. The van der Waals surface area contributed by atoms with Crippen molar-refractivity contribution in [2.24, 2.45) is 11.8 Å². The van der Waals surface area contributed by atoms with Gasteiger partial charge in [-0.05, 0) is 6.92 Å². The van der Waals surface area contributed by atoms with Gasteiger partial charge in [0.25, 0.3) is 0 Å². The van der Waals surface area contributed by atoms with Crippen molar-refractivity contribution < 1.29 is 0 Å². The van der Waals surface area contributed by atoms with Crippen molar-refractivity contribution in [1.29, 1.82) is 0 Å². The summed E-state index contributed by atoms with van der Waals surface area (Å²) in [5, 5.41) is 0. The fourth-order valence-corrected chi connectivity index (χ4v) is 4.22. The molecule has 0 spiro atoms. The van der Waals surface area contributed by atoms with Gasteiger partial charge >= 0.3 is 0 Å². The lowest BCUT2D eigenvalue weighted by Crippen LogP contribution is -2.29. The SMILES string of the molecule is Cc1cc(N2CC3CN(c4cnc(-c5ccccc5)cn4)CC3C2)ncn1. The fraction of sp³-hybridized carbons (Fsp3) is 0.333. The van der Waals surface area contributed by atoms with E-state index in [9.17, 15) is 0 Å². The summed E-state index contributed by atoms with van der Waals surface area (Å²) in [5.41, 5.74) is 3.04. The first-order chi connectivity index (χ1) is 13.3. The van der Waals surface area contributed by atoms with Crippen molar-refractivity contribution in [3.63, 3.8) is 0 Å². The average Bonchev–Trinajstić information content (AvgIpc) is 3.28. The maximum absolute atomic E-state index is 4.68. The Morgan fingerprint density at radius 1 is 0.778 bits per heavy atom. The Balaban J connectivity index is 1.26. The van der Waals surface area contributed by atoms with Crippen LogP contribution in [0, 0.1) is 18.8 Å². The standard InChI is InChI=1S/C21H22N6/c1-15-7-20(25-14-24-15)26-10-17-12-27(13-18(17)11-26)21-9-22-19(8-23-21)16-5-3-2-4-6-16/h2-9,14,17-18H,10-13H2,1H3. The molecular formula is C21H22N6. The van der Waals surface area contributed by atoms with Gasteiger partial charge in [0.15, 0.2) is 0 Å². The second-order valence-electron chi connectivity index (χ2n) is 7.47. The maximum atomic E-state index is 4.68. The molecule has 0 aliphatic carbocycles. The predicted octanol–water partition coefficient (Wildman–Crippen LogP) is 2.81. The van der Waals surface area contributed by atoms with Crippen molar-refractivity contribution in [2.75, 3.05) is 36.0 Å². The summed E-state index contributed by atoms with van der Waals surface area (Å²) >= 11 is 0. The molecule has 2 unspecified atom stereocenters. The Labute approximate surface area is 158 Å². The van der Waals surface area contributed by atoms with E-state index in [1.807, 2.05) is 37.5 Å². The molecule has 2 fully saturated rings. The molecule has 2 aromatic heterocycles. The van der Waals surface area contributed by atoms with Crippen LogP contribution in [0.5, 0.6) is 0 Å². The minimum Gasteiger partial charge on any atom is -0.356 e. The van der Waals surface area contributed by atoms with Gasteiger partial charge in [-0.25, -0.2) is 15.0 Å². The highest BCUT2D eigenvalue weighted by atomic mass is 15.3. The van der Waals surface area contributed by atoms with E-state index >= 15 is 0 Å². The molecule has 3 aromatic rings. The quantitative estimate of drug-likeness (QED) is 0.718. The molecule has 0 amide bonds. The van der Waals surface area contributed by atoms with Gasteiger partial charge in [-0.15, -0.1) is 0 Å². The van der Waals surface area contributed by atoms with Crippen LogP contribution in [0.1, 0.15) is 5.69 Å². The second-order valence-corrected chi connectivity index (χ2v) is 7.47. The van der Waals surface area contributed by atoms with Gasteiger partial charge in [0.1, 0.15) is 18.0 Å². The number of anilines is 2. The molecule has 0 bridgehead atoms. The second kappa shape index (κ2) is 6.61. The molecule has 2 aliphatic heterocycles. The number of fused-ring (bicyclic) bond motifs is 1. The highest BCUT2D eigenvalue weighted by molar-refractivity contribution is 5.58. The number of benzene rings is 1. The summed E-state index contributed by atoms with van der Waals surface area (Å²) in [7, 11) is 0. The van der Waals surface area contributed by atoms with Crippen LogP contribution in [0.4, 0.5) is 11.6 Å². The first-order valence-corrected chi connectivity index (χ1v) is 9.42. The molecule has 0 saturated carbocycles. The van der Waals surface area contributed by atoms with Gasteiger partial charge in [0.05, 0.1) is 18.1 Å². The van der Waals surface area contributed by atoms with Gasteiger partial charge in [-0.3, -0.25) is 4.98 Å². The summed E-state index contributed by atoms with van der Waals surface area (Å²) in [6.07, 6.45) is 5.46. The Bertz CT molecular complexity index is 913. The fourth-order valence-electron chi connectivity index (χ4n) is 4.22. The molecular weight excluding hydrogens is 336 g/mol. The summed E-state index contributed by atoms with van der Waals surface area (Å²) in [6.45, 7) is 6.18. The van der Waals surface area contributed by atoms with Crippen LogP contribution < -0.4 is 9.80 Å². The van der Waals surface area contributed by atoms with E-state index < -0.39 is 0 Å². The molecule has 0 radical (unpaired) electrons. The number of hydrogen-bond acceptors (Lipinski definition) is 6. The summed E-state index contributed by atoms with van der Waals surface area (Å²) < 4.78 is 0. The maximum Gasteiger partial charge on any atom is 0.147 e. The molecule has 27 heavy (non-hydrogen) atoms. The van der Waals surface area contributed by atoms with E-state index in [-0.39, 0.29) is 0 Å². The lowest BCUT2D eigenvalue weighted by molar-refractivity contribution is 0.533. The molecule has 5 rings (SSSR count). The number of aromatic nitrogens is 4. The normalized spacial score (nSPS) is 21.5. The van der Waals surface area contributed by atoms with Crippen LogP contribution in [-0.4, -0.2) is 46.1 Å². The third-order valence-electron chi connectivity index (χ3n) is 5.63. The van der Waals surface area contributed by atoms with Crippen molar-refractivity contribution in [2.45, 2.75) is 6.92 Å². The first-order valence-electron chi connectivity index (χ1n) is 9.42. The molecule has 0 N–H and O–H groups in total. The van der Waals surface area contributed by atoms with Crippen molar-refractivity contribution >= 4 is 11.6 Å². The zero-order valence-electron chi connectivity index (χ0n) is 15.4. The van der Waals surface area contributed by atoms with Crippen LogP contribution >= 0.6 is 0 Å². The largest absolute Gasteiger partial charge is 0.356 e. The highest BCUT2D eigenvalue weighted by Gasteiger charge is 2.40. The van der Waals surface area contributed by atoms with E-state index in [4.69, 9.17) is 0 Å². The highest BCUT2D eigenvalue weighted by Crippen LogP contribution is 2.35. The van der Waals surface area contributed by atoms with E-state index in [0.29, 0.717) is 11.8 Å². The smallest absolute Gasteiger partial charge is 0.147 e. The molecule has 2 atom stereocenters. The lowest BCUT2D eigenvalue weighted by atomic mass is 10.0. The lowest BCUT2D eigenvalue weighted by Gasteiger charge is -2.23. The summed E-state index contributed by atoms with van der Waals surface area (Å²) in [6, 6.07) is 12.3. The van der Waals surface area contributed by atoms with Crippen molar-refractivity contribution in [3.05, 3.63) is 60.8 Å². The number of rotatable bonds is 3. The van der Waals surface area contributed by atoms with Crippen LogP contribution in [-0.2, 0) is 0 Å². The zero-order chi connectivity index (χ0) is 18.2. The number of aryl methyl sites for hydroxylation is 1. The van der Waals surface area contributed by atoms with Crippen molar-refractivity contribution in [3.8, 4) is 11.3 Å². The van der Waals surface area contributed by atoms with Crippen LogP contribution in [0.15, 0.2) is 55.1 Å². The summed E-state index contributed by atoms with van der Waals surface area (Å²) in [5.74, 6) is 3.33. The number of nitrogens with zero attached hydrogens (tertiary/aromatic N) is 6. The zero-order valence-corrected chi connectivity index (χ0v) is 15.4. The van der Waals surface area contributed by atoms with Crippen LogP contribution in [0.25, 0.3) is 11.3 Å². The molecule has 1 aromatic carbocycles. The predicted molar refractivity (Wildman–Crippen MR) is 106 cm³/mol. The van der Waals surface area contributed by atoms with E-state index in [0.717, 1.165) is 54.8 Å². The Morgan fingerprint density at radius 3 is 2.11 bits per heavy atom. The molecule has 4 heterocycles. The van der Waals surface area contributed by atoms with E-state index in [1.165, 1.54) is 0 Å². The van der Waals surface area contributed by atoms with E-state index in [1.54, 1.807) is 6.33 Å². The van der Waals surface area contributed by atoms with Crippen LogP contribution in [0.3, 0.4) is 0 Å². The van der Waals surface area contributed by atoms with Gasteiger partial charge in [0.2, 0.25) is 0 Å². The topological polar surface area (TPSA) is 58.0 Å². The van der Waals surface area contributed by atoms with E-state index in [2.05, 4.69) is 47.9 Å². The third-order valence-corrected chi connectivity index (χ3v) is 5.63. The Morgan fingerprint density at radius 2 is 1.48 bits per heavy atom. The van der Waals surface area contributed by atoms with Gasteiger partial charge in [-0.2, -0.15) is 0 Å². The molecule has 136 valence electrons. The first kappa shape index (κ1) is 16.2. The molecule has 2 aliphatic rings. The van der Waals surface area contributed by atoms with Gasteiger partial charge in [0, 0.05) is 55.3 Å². The van der Waals surface area contributed by atoms with Gasteiger partial charge in [-0.1, -0.05) is 30.3 Å². The van der Waals surface area contributed by atoms with Crippen molar-refractivity contribution in [1.82, 2.24) is 19.9 Å². The monoisotopic (exact) mass is 358 g/mol. The minimum atomic E-state index is 0.649. The molecule has 2 saturated heterocycles. The minimum absolute atomic E-state index is 0.649. The summed E-state index contributed by atoms with van der Waals surface area (Å²) in [4.78, 5) is 22.7. The Hall–Kier alpha value is -3.02. The third kappa shape index (κ3) is 3.12. The van der Waals surface area contributed by atoms with Gasteiger partial charge < -0.3 is 9.80 Å². The average molecular weight is 358 g/mol. The number of hydrogen-bond donors (Lipinski definition) is 0.